The summed E-state index contributed by atoms with van der Waals surface area (Å²) in [5.74, 6) is 1.65. The molecule has 0 spiro atoms. The molecule has 4 rings (SSSR count). The number of nitrogens with one attached hydrogen (secondary N) is 1. The lowest BCUT2D eigenvalue weighted by atomic mass is 10.2. The molecule has 1 atom stereocenters. The van der Waals surface area contributed by atoms with Gasteiger partial charge in [0, 0.05) is 23.0 Å². The lowest BCUT2D eigenvalue weighted by Gasteiger charge is -2.17. The average Bonchev–Trinajstić information content (AvgIpc) is 3.33. The quantitative estimate of drug-likeness (QED) is 0.169. The smallest absolute Gasteiger partial charge is 0.274 e. The van der Waals surface area contributed by atoms with Gasteiger partial charge in [0.05, 0.1) is 17.8 Å². The summed E-state index contributed by atoms with van der Waals surface area (Å²) in [7, 11) is 1.60. The first-order chi connectivity index (χ1) is 17.9. The van der Waals surface area contributed by atoms with Crippen molar-refractivity contribution in [1.82, 2.24) is 14.8 Å². The van der Waals surface area contributed by atoms with E-state index < -0.39 is 11.0 Å². The Morgan fingerprint density at radius 1 is 1.08 bits per heavy atom. The summed E-state index contributed by atoms with van der Waals surface area (Å²) in [4.78, 5) is 23.4. The third-order valence-corrected chi connectivity index (χ3v) is 6.36. The van der Waals surface area contributed by atoms with Crippen molar-refractivity contribution >= 4 is 29.0 Å². The van der Waals surface area contributed by atoms with Crippen LogP contribution in [0.25, 0.3) is 5.69 Å². The number of nitro benzene ring substituents is 1. The summed E-state index contributed by atoms with van der Waals surface area (Å²) in [5, 5.41) is 23.1. The Labute approximate surface area is 217 Å². The second-order valence-corrected chi connectivity index (χ2v) is 8.99. The second kappa shape index (κ2) is 11.6. The van der Waals surface area contributed by atoms with Gasteiger partial charge in [0.2, 0.25) is 5.91 Å². The van der Waals surface area contributed by atoms with E-state index in [9.17, 15) is 14.9 Å². The molecule has 0 aliphatic rings. The highest BCUT2D eigenvalue weighted by Crippen LogP contribution is 2.29. The molecule has 1 heterocycles. The first-order valence-corrected chi connectivity index (χ1v) is 12.3. The fraction of sp³-hybridized carbons (Fsp3) is 0.192. The molecule has 0 saturated carbocycles. The van der Waals surface area contributed by atoms with E-state index in [-0.39, 0.29) is 17.3 Å². The van der Waals surface area contributed by atoms with Crippen molar-refractivity contribution < 1.29 is 19.2 Å². The van der Waals surface area contributed by atoms with Crippen LogP contribution in [0.2, 0.25) is 0 Å². The fourth-order valence-corrected chi connectivity index (χ4v) is 4.34. The number of aryl methyl sites for hydroxylation is 1. The molecule has 0 bridgehead atoms. The molecule has 10 nitrogen and oxygen atoms in total. The topological polar surface area (TPSA) is 121 Å². The van der Waals surface area contributed by atoms with E-state index in [1.165, 1.54) is 17.8 Å². The van der Waals surface area contributed by atoms with Gasteiger partial charge >= 0.3 is 0 Å². The summed E-state index contributed by atoms with van der Waals surface area (Å²) >= 11 is 1.20. The number of rotatable bonds is 10. The number of hydrogen-bond acceptors (Lipinski definition) is 8. The van der Waals surface area contributed by atoms with Gasteiger partial charge in [-0.2, -0.15) is 0 Å². The van der Waals surface area contributed by atoms with Crippen LogP contribution in [0.1, 0.15) is 24.4 Å². The first-order valence-electron chi connectivity index (χ1n) is 11.3. The monoisotopic (exact) mass is 519 g/mol. The van der Waals surface area contributed by atoms with E-state index in [0.717, 1.165) is 11.4 Å². The van der Waals surface area contributed by atoms with Crippen LogP contribution < -0.4 is 14.8 Å². The van der Waals surface area contributed by atoms with Gasteiger partial charge in [-0.1, -0.05) is 36.0 Å². The van der Waals surface area contributed by atoms with Crippen molar-refractivity contribution in [3.8, 4) is 17.2 Å². The van der Waals surface area contributed by atoms with Crippen molar-refractivity contribution in [3.63, 3.8) is 0 Å². The van der Waals surface area contributed by atoms with E-state index in [1.54, 1.807) is 26.2 Å². The van der Waals surface area contributed by atoms with Crippen molar-refractivity contribution in [2.45, 2.75) is 25.1 Å². The van der Waals surface area contributed by atoms with Gasteiger partial charge < -0.3 is 14.8 Å². The Morgan fingerprint density at radius 2 is 1.78 bits per heavy atom. The van der Waals surface area contributed by atoms with E-state index in [0.29, 0.717) is 28.0 Å². The number of thioether (sulfide) groups is 1. The molecule has 1 N–H and O–H groups in total. The molecule has 0 aliphatic heterocycles. The maximum absolute atomic E-state index is 12.6. The number of methoxy groups -OCH3 is 1. The van der Waals surface area contributed by atoms with Gasteiger partial charge in [-0.15, -0.1) is 10.2 Å². The summed E-state index contributed by atoms with van der Waals surface area (Å²) in [5.41, 5.74) is 1.65. The van der Waals surface area contributed by atoms with Crippen LogP contribution in [0, 0.1) is 17.0 Å². The van der Waals surface area contributed by atoms with Crippen molar-refractivity contribution in [2.24, 2.45) is 0 Å². The third-order valence-electron chi connectivity index (χ3n) is 5.43. The second-order valence-electron chi connectivity index (χ2n) is 8.04. The highest BCUT2D eigenvalue weighted by atomic mass is 32.2. The number of ether oxygens (including phenoxy) is 2. The lowest BCUT2D eigenvalue weighted by Crippen LogP contribution is -2.15. The first kappa shape index (κ1) is 25.7. The normalized spacial score (nSPS) is 11.5. The van der Waals surface area contributed by atoms with Gasteiger partial charge in [-0.05, 0) is 56.3 Å². The molecule has 0 fully saturated rings. The SMILES string of the molecule is COc1ccc(OC(C)c2nnc(SCC(=O)Nc3ccc(C)c([N+](=O)[O-])c3)n2-c2ccccc2)cc1. The molecule has 1 aromatic heterocycles. The molecule has 0 saturated heterocycles. The summed E-state index contributed by atoms with van der Waals surface area (Å²) in [6.07, 6.45) is -0.447. The molecule has 1 amide bonds. The number of aromatic nitrogens is 3. The fourth-order valence-electron chi connectivity index (χ4n) is 3.58. The zero-order chi connectivity index (χ0) is 26.4. The number of nitro groups is 1. The van der Waals surface area contributed by atoms with Crippen LogP contribution >= 0.6 is 11.8 Å². The molecule has 11 heteroatoms. The Hall–Kier alpha value is -4.38. The van der Waals surface area contributed by atoms with Gasteiger partial charge in [0.25, 0.3) is 5.69 Å². The minimum atomic E-state index is -0.473. The molecule has 0 aliphatic carbocycles. The highest BCUT2D eigenvalue weighted by molar-refractivity contribution is 7.99. The average molecular weight is 520 g/mol. The summed E-state index contributed by atoms with van der Waals surface area (Å²) in [6.45, 7) is 3.52. The van der Waals surface area contributed by atoms with E-state index in [1.807, 2.05) is 66.1 Å². The minimum absolute atomic E-state index is 0.0281. The third kappa shape index (κ3) is 6.25. The minimum Gasteiger partial charge on any atom is -0.497 e. The molecule has 4 aromatic rings. The van der Waals surface area contributed by atoms with Crippen molar-refractivity contribution in [1.29, 1.82) is 0 Å². The molecule has 190 valence electrons. The predicted molar refractivity (Wildman–Crippen MR) is 141 cm³/mol. The maximum Gasteiger partial charge on any atom is 0.274 e. The van der Waals surface area contributed by atoms with Gasteiger partial charge in [-0.3, -0.25) is 19.5 Å². The Morgan fingerprint density at radius 3 is 2.46 bits per heavy atom. The Bertz CT molecular complexity index is 1390. The van der Waals surface area contributed by atoms with Gasteiger partial charge in [0.15, 0.2) is 17.1 Å². The number of anilines is 1. The lowest BCUT2D eigenvalue weighted by molar-refractivity contribution is -0.385. The number of nitrogens with zero attached hydrogens (tertiary/aromatic N) is 4. The largest absolute Gasteiger partial charge is 0.497 e. The van der Waals surface area contributed by atoms with E-state index in [4.69, 9.17) is 9.47 Å². The molecular weight excluding hydrogens is 494 g/mol. The van der Waals surface area contributed by atoms with Crippen LogP contribution in [-0.2, 0) is 4.79 Å². The maximum atomic E-state index is 12.6. The predicted octanol–water partition coefficient (Wildman–Crippen LogP) is 5.36. The van der Waals surface area contributed by atoms with Crippen LogP contribution in [0.5, 0.6) is 11.5 Å². The van der Waals surface area contributed by atoms with Gasteiger partial charge in [0.1, 0.15) is 11.5 Å². The summed E-state index contributed by atoms with van der Waals surface area (Å²) in [6, 6.07) is 21.4. The van der Waals surface area contributed by atoms with Crippen molar-refractivity contribution in [3.05, 3.63) is 94.3 Å². The van der Waals surface area contributed by atoms with Crippen LogP contribution in [0.4, 0.5) is 11.4 Å². The number of para-hydroxylation sites is 1. The summed E-state index contributed by atoms with van der Waals surface area (Å²) < 4.78 is 13.1. The zero-order valence-electron chi connectivity index (χ0n) is 20.5. The van der Waals surface area contributed by atoms with Crippen LogP contribution in [0.3, 0.4) is 0 Å². The van der Waals surface area contributed by atoms with Crippen LogP contribution in [0.15, 0.2) is 78.0 Å². The van der Waals surface area contributed by atoms with Crippen LogP contribution in [-0.4, -0.2) is 38.5 Å². The standard InChI is InChI=1S/C26H25N5O5S/c1-17-9-10-19(15-23(17)31(33)34)27-24(32)16-37-26-29-28-25(30(26)20-7-5-4-6-8-20)18(2)36-22-13-11-21(35-3)12-14-22/h4-15,18H,16H2,1-3H3,(H,27,32). The molecular formula is C26H25N5O5S. The molecule has 37 heavy (non-hydrogen) atoms. The number of carbonyl (C=O) groups excluding carboxylic acids is 1. The molecule has 3 aromatic carbocycles. The van der Waals surface area contributed by atoms with Gasteiger partial charge in [-0.25, -0.2) is 0 Å². The highest BCUT2D eigenvalue weighted by Gasteiger charge is 2.22. The zero-order valence-corrected chi connectivity index (χ0v) is 21.3. The Kier molecular flexibility index (Phi) is 8.04. The number of carbonyl (C=O) groups is 1. The molecule has 0 radical (unpaired) electrons. The number of hydrogen-bond donors (Lipinski definition) is 1. The van der Waals surface area contributed by atoms with E-state index in [2.05, 4.69) is 15.5 Å². The van der Waals surface area contributed by atoms with E-state index >= 15 is 0 Å². The number of amides is 1. The molecule has 1 unspecified atom stereocenters. The Balaban J connectivity index is 1.51. The number of benzene rings is 3. The van der Waals surface area contributed by atoms with Crippen molar-refractivity contribution in [2.75, 3.05) is 18.2 Å².